The van der Waals surface area contributed by atoms with Crippen LogP contribution in [0, 0.1) is 5.92 Å². The van der Waals surface area contributed by atoms with Gasteiger partial charge in [0, 0.05) is 44.1 Å². The van der Waals surface area contributed by atoms with Gasteiger partial charge in [0.25, 0.3) is 0 Å². The largest absolute Gasteiger partial charge is 0.417 e. The Bertz CT molecular complexity index is 793. The fraction of sp³-hybridized carbons (Fsp3) is 0.389. The van der Waals surface area contributed by atoms with Crippen LogP contribution >= 0.6 is 11.6 Å². The van der Waals surface area contributed by atoms with E-state index in [2.05, 4.69) is 15.3 Å². The molecule has 0 aromatic carbocycles. The Morgan fingerprint density at radius 1 is 1.30 bits per heavy atom. The summed E-state index contributed by atoms with van der Waals surface area (Å²) < 4.78 is 38.1. The van der Waals surface area contributed by atoms with Gasteiger partial charge in [-0.05, 0) is 30.5 Å². The van der Waals surface area contributed by atoms with E-state index < -0.39 is 11.7 Å². The second-order valence-corrected chi connectivity index (χ2v) is 6.77. The molecule has 0 spiro atoms. The van der Waals surface area contributed by atoms with Gasteiger partial charge in [-0.25, -0.2) is 4.98 Å². The van der Waals surface area contributed by atoms with Crippen molar-refractivity contribution >= 4 is 23.3 Å². The van der Waals surface area contributed by atoms with Gasteiger partial charge < -0.3 is 10.2 Å². The molecule has 3 heterocycles. The molecule has 0 atom stereocenters. The SMILES string of the molecule is O=C(NCc1cccnc1)C1CCN(c2ncc(C(F)(F)F)cc2Cl)CC1. The number of alkyl halides is 3. The quantitative estimate of drug-likeness (QED) is 0.853. The average Bonchev–Trinajstić information content (AvgIpc) is 2.66. The van der Waals surface area contributed by atoms with Crippen molar-refractivity contribution in [2.45, 2.75) is 25.6 Å². The number of hydrogen-bond donors (Lipinski definition) is 1. The predicted octanol–water partition coefficient (Wildman–Crippen LogP) is 3.68. The molecule has 0 unspecified atom stereocenters. The van der Waals surface area contributed by atoms with Gasteiger partial charge in [-0.15, -0.1) is 0 Å². The molecule has 0 radical (unpaired) electrons. The number of amides is 1. The van der Waals surface area contributed by atoms with Gasteiger partial charge in [0.15, 0.2) is 0 Å². The van der Waals surface area contributed by atoms with E-state index in [1.807, 2.05) is 11.0 Å². The lowest BCUT2D eigenvalue weighted by Crippen LogP contribution is -2.40. The minimum atomic E-state index is -4.48. The average molecular weight is 399 g/mol. The standard InChI is InChI=1S/C18H18ClF3N4O/c19-15-8-14(18(20,21)22)11-24-16(15)26-6-3-13(4-7-26)17(27)25-10-12-2-1-5-23-9-12/h1-2,5,8-9,11,13H,3-4,6-7,10H2,(H,25,27). The summed E-state index contributed by atoms with van der Waals surface area (Å²) in [7, 11) is 0. The summed E-state index contributed by atoms with van der Waals surface area (Å²) in [5, 5.41) is 2.86. The number of nitrogens with zero attached hydrogens (tertiary/aromatic N) is 3. The second-order valence-electron chi connectivity index (χ2n) is 6.37. The normalized spacial score (nSPS) is 15.6. The molecule has 0 saturated carbocycles. The molecule has 2 aromatic heterocycles. The Labute approximate surface area is 159 Å². The zero-order valence-electron chi connectivity index (χ0n) is 14.3. The highest BCUT2D eigenvalue weighted by Gasteiger charge is 2.33. The Hall–Kier alpha value is -2.35. The molecule has 0 aliphatic carbocycles. The van der Waals surface area contributed by atoms with Crippen LogP contribution in [0.4, 0.5) is 19.0 Å². The molecule has 9 heteroatoms. The number of hydrogen-bond acceptors (Lipinski definition) is 4. The second kappa shape index (κ2) is 8.12. The molecule has 1 N–H and O–H groups in total. The van der Waals surface area contributed by atoms with Crippen molar-refractivity contribution < 1.29 is 18.0 Å². The smallest absolute Gasteiger partial charge is 0.355 e. The Kier molecular flexibility index (Phi) is 5.84. The van der Waals surface area contributed by atoms with Gasteiger partial charge in [0.05, 0.1) is 10.6 Å². The number of rotatable bonds is 4. The van der Waals surface area contributed by atoms with Gasteiger partial charge >= 0.3 is 6.18 Å². The highest BCUT2D eigenvalue weighted by Crippen LogP contribution is 2.34. The number of piperidine rings is 1. The lowest BCUT2D eigenvalue weighted by atomic mass is 9.96. The lowest BCUT2D eigenvalue weighted by molar-refractivity contribution is -0.137. The first-order chi connectivity index (χ1) is 12.8. The first-order valence-electron chi connectivity index (χ1n) is 8.49. The maximum absolute atomic E-state index is 12.7. The van der Waals surface area contributed by atoms with Gasteiger partial charge in [-0.2, -0.15) is 13.2 Å². The van der Waals surface area contributed by atoms with Crippen LogP contribution in [-0.2, 0) is 17.5 Å². The van der Waals surface area contributed by atoms with Crippen molar-refractivity contribution in [3.8, 4) is 0 Å². The fourth-order valence-electron chi connectivity index (χ4n) is 3.01. The van der Waals surface area contributed by atoms with Crippen LogP contribution < -0.4 is 10.2 Å². The van der Waals surface area contributed by atoms with Crippen molar-refractivity contribution in [2.24, 2.45) is 5.92 Å². The number of aromatic nitrogens is 2. The van der Waals surface area contributed by atoms with Gasteiger partial charge in [0.1, 0.15) is 5.82 Å². The molecule has 5 nitrogen and oxygen atoms in total. The number of carbonyl (C=O) groups excluding carboxylic acids is 1. The van der Waals surface area contributed by atoms with E-state index in [9.17, 15) is 18.0 Å². The van der Waals surface area contributed by atoms with E-state index in [-0.39, 0.29) is 16.8 Å². The van der Waals surface area contributed by atoms with Crippen LogP contribution in [0.5, 0.6) is 0 Å². The fourth-order valence-corrected chi connectivity index (χ4v) is 3.29. The van der Waals surface area contributed by atoms with Crippen molar-refractivity contribution in [3.05, 3.63) is 52.9 Å². The molecule has 1 fully saturated rings. The number of anilines is 1. The number of halogens is 4. The summed E-state index contributed by atoms with van der Waals surface area (Å²) in [6, 6.07) is 4.57. The Morgan fingerprint density at radius 3 is 2.63 bits per heavy atom. The first kappa shape index (κ1) is 19.4. The molecule has 3 rings (SSSR count). The summed E-state index contributed by atoms with van der Waals surface area (Å²) in [5.74, 6) is 0.134. The summed E-state index contributed by atoms with van der Waals surface area (Å²) in [5.41, 5.74) is 0.0462. The van der Waals surface area contributed by atoms with Crippen LogP contribution in [0.3, 0.4) is 0 Å². The van der Waals surface area contributed by atoms with Crippen LogP contribution in [0.2, 0.25) is 5.02 Å². The van der Waals surface area contributed by atoms with Gasteiger partial charge in [-0.3, -0.25) is 9.78 Å². The Morgan fingerprint density at radius 2 is 2.04 bits per heavy atom. The molecule has 144 valence electrons. The van der Waals surface area contributed by atoms with Crippen molar-refractivity contribution in [3.63, 3.8) is 0 Å². The summed E-state index contributed by atoms with van der Waals surface area (Å²) >= 11 is 6.00. The van der Waals surface area contributed by atoms with E-state index >= 15 is 0 Å². The predicted molar refractivity (Wildman–Crippen MR) is 95.3 cm³/mol. The minimum absolute atomic E-state index is 0.0371. The molecule has 0 bridgehead atoms. The Balaban J connectivity index is 1.55. The zero-order valence-corrected chi connectivity index (χ0v) is 15.1. The lowest BCUT2D eigenvalue weighted by Gasteiger charge is -2.32. The van der Waals surface area contributed by atoms with E-state index in [1.165, 1.54) is 0 Å². The van der Waals surface area contributed by atoms with E-state index in [0.717, 1.165) is 17.8 Å². The summed E-state index contributed by atoms with van der Waals surface area (Å²) in [6.07, 6.45) is 0.834. The molecule has 1 saturated heterocycles. The van der Waals surface area contributed by atoms with Crippen molar-refractivity contribution in [1.29, 1.82) is 0 Å². The third-order valence-corrected chi connectivity index (χ3v) is 4.78. The van der Waals surface area contributed by atoms with Gasteiger partial charge in [-0.1, -0.05) is 17.7 Å². The van der Waals surface area contributed by atoms with E-state index in [4.69, 9.17) is 11.6 Å². The van der Waals surface area contributed by atoms with Crippen LogP contribution in [-0.4, -0.2) is 29.0 Å². The third-order valence-electron chi connectivity index (χ3n) is 4.50. The summed E-state index contributed by atoms with van der Waals surface area (Å²) in [4.78, 5) is 22.0. The van der Waals surface area contributed by atoms with E-state index in [0.29, 0.717) is 38.3 Å². The third kappa shape index (κ3) is 4.88. The highest BCUT2D eigenvalue weighted by molar-refractivity contribution is 6.33. The monoisotopic (exact) mass is 398 g/mol. The van der Waals surface area contributed by atoms with Crippen LogP contribution in [0.15, 0.2) is 36.8 Å². The van der Waals surface area contributed by atoms with E-state index in [1.54, 1.807) is 18.5 Å². The molecular formula is C18H18ClF3N4O. The highest BCUT2D eigenvalue weighted by atomic mass is 35.5. The van der Waals surface area contributed by atoms with Crippen LogP contribution in [0.1, 0.15) is 24.0 Å². The van der Waals surface area contributed by atoms with Gasteiger partial charge in [0.2, 0.25) is 5.91 Å². The van der Waals surface area contributed by atoms with Crippen molar-refractivity contribution in [1.82, 2.24) is 15.3 Å². The first-order valence-corrected chi connectivity index (χ1v) is 8.86. The number of pyridine rings is 2. The molecular weight excluding hydrogens is 381 g/mol. The van der Waals surface area contributed by atoms with Crippen LogP contribution in [0.25, 0.3) is 0 Å². The maximum atomic E-state index is 12.7. The molecule has 1 amide bonds. The molecule has 2 aromatic rings. The topological polar surface area (TPSA) is 58.1 Å². The maximum Gasteiger partial charge on any atom is 0.417 e. The summed E-state index contributed by atoms with van der Waals surface area (Å²) in [6.45, 7) is 1.42. The molecule has 1 aliphatic rings. The molecule has 1 aliphatic heterocycles. The van der Waals surface area contributed by atoms with Crippen molar-refractivity contribution in [2.75, 3.05) is 18.0 Å². The zero-order chi connectivity index (χ0) is 19.4. The minimum Gasteiger partial charge on any atom is -0.355 e. The molecule has 27 heavy (non-hydrogen) atoms. The number of nitrogens with one attached hydrogen (secondary N) is 1. The number of carbonyl (C=O) groups is 1.